The van der Waals surface area contributed by atoms with Gasteiger partial charge in [0.25, 0.3) is 5.91 Å². The standard InChI is InChI=1S/C21H25NO4/c1-14(2)17-6-4-5-7-18(17)26-13-21(23)22-15(3)16-8-9-19-20(12-16)25-11-10-24-19/h4-9,12,14-15H,10-11,13H2,1-3H3,(H,22,23). The molecule has 0 fully saturated rings. The number of benzene rings is 2. The fourth-order valence-corrected chi connectivity index (χ4v) is 2.93. The summed E-state index contributed by atoms with van der Waals surface area (Å²) in [4.78, 5) is 12.3. The van der Waals surface area contributed by atoms with Crippen LogP contribution in [0.25, 0.3) is 0 Å². The Hall–Kier alpha value is -2.69. The van der Waals surface area contributed by atoms with E-state index in [0.29, 0.717) is 19.1 Å². The minimum Gasteiger partial charge on any atom is -0.486 e. The first kappa shape index (κ1) is 18.1. The molecule has 1 amide bonds. The largest absolute Gasteiger partial charge is 0.486 e. The highest BCUT2D eigenvalue weighted by atomic mass is 16.6. The second-order valence-electron chi connectivity index (χ2n) is 6.67. The average molecular weight is 355 g/mol. The average Bonchev–Trinajstić information content (AvgIpc) is 2.66. The number of hydrogen-bond acceptors (Lipinski definition) is 4. The van der Waals surface area contributed by atoms with Crippen LogP contribution in [0.2, 0.25) is 0 Å². The number of amides is 1. The molecule has 0 spiro atoms. The molecule has 1 aliphatic rings. The predicted octanol–water partition coefficient (Wildman–Crippen LogP) is 3.84. The van der Waals surface area contributed by atoms with Gasteiger partial charge in [-0.1, -0.05) is 38.1 Å². The molecule has 2 aromatic rings. The first-order valence-corrected chi connectivity index (χ1v) is 8.95. The molecule has 5 nitrogen and oxygen atoms in total. The van der Waals surface area contributed by atoms with E-state index in [1.54, 1.807) is 0 Å². The van der Waals surface area contributed by atoms with Crippen LogP contribution in [-0.2, 0) is 4.79 Å². The molecular formula is C21H25NO4. The van der Waals surface area contributed by atoms with Gasteiger partial charge in [-0.25, -0.2) is 0 Å². The normalized spacial score (nSPS) is 14.0. The molecule has 1 N–H and O–H groups in total. The molecule has 0 saturated carbocycles. The number of ether oxygens (including phenoxy) is 3. The molecule has 1 unspecified atom stereocenters. The highest BCUT2D eigenvalue weighted by molar-refractivity contribution is 5.78. The Morgan fingerprint density at radius 1 is 1.08 bits per heavy atom. The minimum absolute atomic E-state index is 0.0153. The fraction of sp³-hybridized carbons (Fsp3) is 0.381. The van der Waals surface area contributed by atoms with E-state index < -0.39 is 0 Å². The van der Waals surface area contributed by atoms with Crippen molar-refractivity contribution < 1.29 is 19.0 Å². The number of hydrogen-bond donors (Lipinski definition) is 1. The van der Waals surface area contributed by atoms with Crippen molar-refractivity contribution in [2.75, 3.05) is 19.8 Å². The first-order chi connectivity index (χ1) is 12.5. The Morgan fingerprint density at radius 3 is 2.58 bits per heavy atom. The number of carbonyl (C=O) groups excluding carboxylic acids is 1. The van der Waals surface area contributed by atoms with Crippen LogP contribution in [0.4, 0.5) is 0 Å². The third kappa shape index (κ3) is 4.28. The van der Waals surface area contributed by atoms with Crippen molar-refractivity contribution in [1.82, 2.24) is 5.32 Å². The summed E-state index contributed by atoms with van der Waals surface area (Å²) in [5.74, 6) is 2.39. The van der Waals surface area contributed by atoms with Crippen molar-refractivity contribution in [3.05, 3.63) is 53.6 Å². The van der Waals surface area contributed by atoms with E-state index in [0.717, 1.165) is 28.4 Å². The van der Waals surface area contributed by atoms with Gasteiger partial charge in [0.2, 0.25) is 0 Å². The predicted molar refractivity (Wildman–Crippen MR) is 100 cm³/mol. The Labute approximate surface area is 154 Å². The van der Waals surface area contributed by atoms with Gasteiger partial charge in [-0.3, -0.25) is 4.79 Å². The van der Waals surface area contributed by atoms with E-state index in [1.807, 2.05) is 49.4 Å². The maximum Gasteiger partial charge on any atom is 0.258 e. The maximum atomic E-state index is 12.3. The van der Waals surface area contributed by atoms with Gasteiger partial charge >= 0.3 is 0 Å². The van der Waals surface area contributed by atoms with Crippen LogP contribution in [0.15, 0.2) is 42.5 Å². The second kappa shape index (κ2) is 8.13. The Kier molecular flexibility index (Phi) is 5.66. The summed E-state index contributed by atoms with van der Waals surface area (Å²) in [6.07, 6.45) is 0. The van der Waals surface area contributed by atoms with Crippen molar-refractivity contribution in [3.63, 3.8) is 0 Å². The molecular weight excluding hydrogens is 330 g/mol. The van der Waals surface area contributed by atoms with E-state index in [4.69, 9.17) is 14.2 Å². The van der Waals surface area contributed by atoms with Crippen LogP contribution < -0.4 is 19.5 Å². The summed E-state index contributed by atoms with van der Waals surface area (Å²) < 4.78 is 16.9. The molecule has 1 heterocycles. The van der Waals surface area contributed by atoms with E-state index in [9.17, 15) is 4.79 Å². The highest BCUT2D eigenvalue weighted by Gasteiger charge is 2.16. The quantitative estimate of drug-likeness (QED) is 0.855. The van der Waals surface area contributed by atoms with Crippen molar-refractivity contribution in [1.29, 1.82) is 0 Å². The Morgan fingerprint density at radius 2 is 1.81 bits per heavy atom. The molecule has 0 bridgehead atoms. The third-order valence-corrected chi connectivity index (χ3v) is 4.34. The lowest BCUT2D eigenvalue weighted by Gasteiger charge is -2.21. The maximum absolute atomic E-state index is 12.3. The van der Waals surface area contributed by atoms with Gasteiger partial charge in [0.15, 0.2) is 18.1 Å². The zero-order valence-corrected chi connectivity index (χ0v) is 15.5. The third-order valence-electron chi connectivity index (χ3n) is 4.34. The van der Waals surface area contributed by atoms with E-state index in [2.05, 4.69) is 19.2 Å². The van der Waals surface area contributed by atoms with Crippen LogP contribution in [0.5, 0.6) is 17.2 Å². The molecule has 138 valence electrons. The minimum atomic E-state index is -0.161. The van der Waals surface area contributed by atoms with E-state index in [1.165, 1.54) is 0 Å². The van der Waals surface area contributed by atoms with Gasteiger partial charge in [-0.15, -0.1) is 0 Å². The molecule has 3 rings (SSSR count). The number of fused-ring (bicyclic) bond motifs is 1. The van der Waals surface area contributed by atoms with Gasteiger partial charge in [0.05, 0.1) is 6.04 Å². The van der Waals surface area contributed by atoms with Gasteiger partial charge < -0.3 is 19.5 Å². The van der Waals surface area contributed by atoms with Crippen molar-refractivity contribution >= 4 is 5.91 Å². The summed E-state index contributed by atoms with van der Waals surface area (Å²) in [5, 5.41) is 2.96. The molecule has 0 saturated heterocycles. The highest BCUT2D eigenvalue weighted by Crippen LogP contribution is 2.32. The SMILES string of the molecule is CC(C)c1ccccc1OCC(=O)NC(C)c1ccc2c(c1)OCCO2. The lowest BCUT2D eigenvalue weighted by Crippen LogP contribution is -2.31. The second-order valence-corrected chi connectivity index (χ2v) is 6.67. The molecule has 0 aromatic heterocycles. The molecule has 1 atom stereocenters. The van der Waals surface area contributed by atoms with E-state index in [-0.39, 0.29) is 18.6 Å². The fourth-order valence-electron chi connectivity index (χ4n) is 2.93. The molecule has 0 aliphatic carbocycles. The lowest BCUT2D eigenvalue weighted by atomic mass is 10.0. The summed E-state index contributed by atoms with van der Waals surface area (Å²) in [5.41, 5.74) is 2.06. The topological polar surface area (TPSA) is 56.8 Å². The molecule has 1 aliphatic heterocycles. The van der Waals surface area contributed by atoms with Crippen LogP contribution in [0.1, 0.15) is 43.9 Å². The lowest BCUT2D eigenvalue weighted by molar-refractivity contribution is -0.123. The molecule has 26 heavy (non-hydrogen) atoms. The van der Waals surface area contributed by atoms with Crippen molar-refractivity contribution in [2.24, 2.45) is 0 Å². The molecule has 0 radical (unpaired) electrons. The van der Waals surface area contributed by atoms with Gasteiger partial charge in [0, 0.05) is 0 Å². The zero-order chi connectivity index (χ0) is 18.5. The number of rotatable bonds is 6. The van der Waals surface area contributed by atoms with Gasteiger partial charge in [-0.05, 0) is 42.2 Å². The number of para-hydroxylation sites is 1. The Bertz CT molecular complexity index is 772. The van der Waals surface area contributed by atoms with Crippen molar-refractivity contribution in [3.8, 4) is 17.2 Å². The first-order valence-electron chi connectivity index (χ1n) is 8.95. The van der Waals surface area contributed by atoms with Crippen LogP contribution in [0, 0.1) is 0 Å². The summed E-state index contributed by atoms with van der Waals surface area (Å²) in [6.45, 7) is 7.23. The summed E-state index contributed by atoms with van der Waals surface area (Å²) in [7, 11) is 0. The van der Waals surface area contributed by atoms with Crippen molar-refractivity contribution in [2.45, 2.75) is 32.7 Å². The van der Waals surface area contributed by atoms with E-state index >= 15 is 0 Å². The molecule has 5 heteroatoms. The van der Waals surface area contributed by atoms with Crippen LogP contribution >= 0.6 is 0 Å². The summed E-state index contributed by atoms with van der Waals surface area (Å²) >= 11 is 0. The number of nitrogens with one attached hydrogen (secondary N) is 1. The van der Waals surface area contributed by atoms with Gasteiger partial charge in [-0.2, -0.15) is 0 Å². The monoisotopic (exact) mass is 355 g/mol. The van der Waals surface area contributed by atoms with Crippen LogP contribution in [0.3, 0.4) is 0 Å². The Balaban J connectivity index is 1.58. The van der Waals surface area contributed by atoms with Crippen LogP contribution in [-0.4, -0.2) is 25.7 Å². The number of carbonyl (C=O) groups is 1. The summed E-state index contributed by atoms with van der Waals surface area (Å²) in [6, 6.07) is 13.4. The smallest absolute Gasteiger partial charge is 0.258 e. The van der Waals surface area contributed by atoms with Gasteiger partial charge in [0.1, 0.15) is 19.0 Å². The molecule has 2 aromatic carbocycles. The zero-order valence-electron chi connectivity index (χ0n) is 15.5.